The van der Waals surface area contributed by atoms with Crippen molar-refractivity contribution in [3.63, 3.8) is 0 Å². The molecule has 1 aromatic heterocycles. The molecule has 1 saturated carbocycles. The zero-order valence-electron chi connectivity index (χ0n) is 11.4. The summed E-state index contributed by atoms with van der Waals surface area (Å²) in [5.41, 5.74) is 0. The molecule has 19 heavy (non-hydrogen) atoms. The van der Waals surface area contributed by atoms with Gasteiger partial charge in [-0.1, -0.05) is 19.8 Å². The molecule has 1 aliphatic rings. The van der Waals surface area contributed by atoms with Gasteiger partial charge in [-0.15, -0.1) is 0 Å². The third-order valence-corrected chi connectivity index (χ3v) is 5.72. The molecule has 1 heterocycles. The fourth-order valence-corrected chi connectivity index (χ4v) is 4.14. The molecule has 2 atom stereocenters. The van der Waals surface area contributed by atoms with Gasteiger partial charge in [-0.25, -0.2) is 8.42 Å². The second-order valence-corrected chi connectivity index (χ2v) is 7.16. The van der Waals surface area contributed by atoms with E-state index >= 15 is 0 Å². The Morgan fingerprint density at radius 3 is 2.63 bits per heavy atom. The molecule has 1 N–H and O–H groups in total. The Morgan fingerprint density at radius 1 is 1.37 bits per heavy atom. The second-order valence-electron chi connectivity index (χ2n) is 5.23. The molecule has 108 valence electrons. The van der Waals surface area contributed by atoms with E-state index in [2.05, 4.69) is 6.92 Å². The predicted octanol–water partition coefficient (Wildman–Crippen LogP) is 1.97. The van der Waals surface area contributed by atoms with Crippen molar-refractivity contribution >= 4 is 10.0 Å². The van der Waals surface area contributed by atoms with Gasteiger partial charge in [0.1, 0.15) is 12.4 Å². The second kappa shape index (κ2) is 5.64. The maximum absolute atomic E-state index is 12.5. The van der Waals surface area contributed by atoms with Gasteiger partial charge in [0.05, 0.1) is 0 Å². The van der Waals surface area contributed by atoms with Crippen molar-refractivity contribution in [3.8, 4) is 0 Å². The van der Waals surface area contributed by atoms with E-state index in [1.807, 2.05) is 0 Å². The van der Waals surface area contributed by atoms with Gasteiger partial charge in [0.25, 0.3) is 10.0 Å². The monoisotopic (exact) mass is 287 g/mol. The minimum Gasteiger partial charge on any atom is -0.446 e. The van der Waals surface area contributed by atoms with E-state index in [9.17, 15) is 8.42 Å². The third kappa shape index (κ3) is 2.85. The summed E-state index contributed by atoms with van der Waals surface area (Å²) >= 11 is 0. The van der Waals surface area contributed by atoms with Gasteiger partial charge in [0, 0.05) is 13.1 Å². The van der Waals surface area contributed by atoms with Gasteiger partial charge in [-0.2, -0.15) is 4.31 Å². The van der Waals surface area contributed by atoms with Crippen LogP contribution in [-0.2, 0) is 16.6 Å². The Hall–Kier alpha value is -0.850. The fourth-order valence-electron chi connectivity index (χ4n) is 2.74. The summed E-state index contributed by atoms with van der Waals surface area (Å²) in [6.45, 7) is 1.80. The van der Waals surface area contributed by atoms with Crippen molar-refractivity contribution in [1.82, 2.24) is 4.31 Å². The number of nitrogens with zero attached hydrogens (tertiary/aromatic N) is 1. The predicted molar refractivity (Wildman–Crippen MR) is 71.0 cm³/mol. The summed E-state index contributed by atoms with van der Waals surface area (Å²) in [6, 6.07) is 2.93. The SMILES string of the molecule is CC1CCCCC1N(C)S(=O)(=O)c1ccc(CO)o1. The molecule has 0 radical (unpaired) electrons. The third-order valence-electron chi connectivity index (χ3n) is 3.96. The highest BCUT2D eigenvalue weighted by molar-refractivity contribution is 7.89. The van der Waals surface area contributed by atoms with Gasteiger partial charge in [-0.05, 0) is 30.9 Å². The maximum atomic E-state index is 12.5. The van der Waals surface area contributed by atoms with Crippen LogP contribution in [0.15, 0.2) is 21.6 Å². The van der Waals surface area contributed by atoms with Crippen molar-refractivity contribution < 1.29 is 17.9 Å². The average molecular weight is 287 g/mol. The molecular formula is C13H21NO4S. The Labute approximate surface area is 114 Å². The summed E-state index contributed by atoms with van der Waals surface area (Å²) in [5, 5.41) is 8.86. The molecule has 0 spiro atoms. The first-order valence-corrected chi connectivity index (χ1v) is 8.08. The van der Waals surface area contributed by atoms with Crippen LogP contribution in [0.4, 0.5) is 0 Å². The molecular weight excluding hydrogens is 266 g/mol. The largest absolute Gasteiger partial charge is 0.446 e. The maximum Gasteiger partial charge on any atom is 0.276 e. The number of aliphatic hydroxyl groups is 1. The highest BCUT2D eigenvalue weighted by atomic mass is 32.2. The highest BCUT2D eigenvalue weighted by Gasteiger charge is 2.34. The van der Waals surface area contributed by atoms with Crippen molar-refractivity contribution in [2.24, 2.45) is 5.92 Å². The standard InChI is InChI=1S/C13H21NO4S/c1-10-5-3-4-6-12(10)14(2)19(16,17)13-8-7-11(9-15)18-13/h7-8,10,12,15H,3-6,9H2,1-2H3. The quantitative estimate of drug-likeness (QED) is 0.919. The number of sulfonamides is 1. The fraction of sp³-hybridized carbons (Fsp3) is 0.692. The highest BCUT2D eigenvalue weighted by Crippen LogP contribution is 2.31. The van der Waals surface area contributed by atoms with Gasteiger partial charge in [-0.3, -0.25) is 0 Å². The van der Waals surface area contributed by atoms with Crippen LogP contribution in [0.25, 0.3) is 0 Å². The molecule has 0 amide bonds. The van der Waals surface area contributed by atoms with E-state index in [4.69, 9.17) is 9.52 Å². The van der Waals surface area contributed by atoms with Gasteiger partial charge in [0.2, 0.25) is 5.09 Å². The van der Waals surface area contributed by atoms with Gasteiger partial charge in [0.15, 0.2) is 0 Å². The molecule has 0 aliphatic heterocycles. The number of hydrogen-bond donors (Lipinski definition) is 1. The molecule has 5 nitrogen and oxygen atoms in total. The zero-order valence-corrected chi connectivity index (χ0v) is 12.2. The van der Waals surface area contributed by atoms with Gasteiger partial charge >= 0.3 is 0 Å². The van der Waals surface area contributed by atoms with E-state index in [0.29, 0.717) is 5.92 Å². The van der Waals surface area contributed by atoms with Crippen molar-refractivity contribution in [2.45, 2.75) is 50.3 Å². The molecule has 6 heteroatoms. The Kier molecular flexibility index (Phi) is 4.32. The van der Waals surface area contributed by atoms with E-state index in [0.717, 1.165) is 19.3 Å². The number of rotatable bonds is 4. The molecule has 1 fully saturated rings. The van der Waals surface area contributed by atoms with E-state index < -0.39 is 10.0 Å². The van der Waals surface area contributed by atoms with E-state index in [1.54, 1.807) is 7.05 Å². The van der Waals surface area contributed by atoms with Gasteiger partial charge < -0.3 is 9.52 Å². The summed E-state index contributed by atoms with van der Waals surface area (Å²) in [5.74, 6) is 0.629. The van der Waals surface area contributed by atoms with Crippen LogP contribution in [0.2, 0.25) is 0 Å². The van der Waals surface area contributed by atoms with E-state index in [-0.39, 0.29) is 23.5 Å². The topological polar surface area (TPSA) is 70.8 Å². The van der Waals surface area contributed by atoms with Crippen LogP contribution in [0.5, 0.6) is 0 Å². The number of hydrogen-bond acceptors (Lipinski definition) is 4. The van der Waals surface area contributed by atoms with Crippen molar-refractivity contribution in [2.75, 3.05) is 7.05 Å². The first-order valence-electron chi connectivity index (χ1n) is 6.64. The van der Waals surface area contributed by atoms with Crippen molar-refractivity contribution in [3.05, 3.63) is 17.9 Å². The lowest BCUT2D eigenvalue weighted by molar-refractivity contribution is 0.206. The molecule has 2 unspecified atom stereocenters. The first kappa shape index (κ1) is 14.6. The van der Waals surface area contributed by atoms with Crippen LogP contribution < -0.4 is 0 Å². The summed E-state index contributed by atoms with van der Waals surface area (Å²) in [4.78, 5) is 0. The first-order chi connectivity index (χ1) is 8.96. The van der Waals surface area contributed by atoms with Crippen LogP contribution in [0, 0.1) is 5.92 Å². The lowest BCUT2D eigenvalue weighted by Crippen LogP contribution is -2.42. The minimum absolute atomic E-state index is 0.0291. The lowest BCUT2D eigenvalue weighted by atomic mass is 9.86. The van der Waals surface area contributed by atoms with Crippen LogP contribution >= 0.6 is 0 Å². The van der Waals surface area contributed by atoms with E-state index in [1.165, 1.54) is 22.9 Å². The molecule has 1 aromatic rings. The van der Waals surface area contributed by atoms with Crippen molar-refractivity contribution in [1.29, 1.82) is 0 Å². The molecule has 2 rings (SSSR count). The molecule has 0 saturated heterocycles. The number of aliphatic hydroxyl groups excluding tert-OH is 1. The van der Waals surface area contributed by atoms with Crippen LogP contribution in [0.3, 0.4) is 0 Å². The smallest absolute Gasteiger partial charge is 0.276 e. The average Bonchev–Trinajstić information content (AvgIpc) is 2.88. The normalized spacial score (nSPS) is 24.8. The molecule has 0 aromatic carbocycles. The Morgan fingerprint density at radius 2 is 2.05 bits per heavy atom. The number of furan rings is 1. The molecule has 1 aliphatic carbocycles. The lowest BCUT2D eigenvalue weighted by Gasteiger charge is -2.34. The van der Waals surface area contributed by atoms with Crippen LogP contribution in [0.1, 0.15) is 38.4 Å². The summed E-state index contributed by atoms with van der Waals surface area (Å²) in [7, 11) is -1.99. The Bertz CT molecular complexity index is 523. The summed E-state index contributed by atoms with van der Waals surface area (Å²) in [6.07, 6.45) is 4.19. The molecule has 0 bridgehead atoms. The Balaban J connectivity index is 2.23. The minimum atomic E-state index is -3.61. The zero-order chi connectivity index (χ0) is 14.0. The summed E-state index contributed by atoms with van der Waals surface area (Å²) < 4.78 is 31.5. The van der Waals surface area contributed by atoms with Crippen LogP contribution in [-0.4, -0.2) is 30.9 Å².